The largest absolute Gasteiger partial charge is 0.382 e. The van der Waals surface area contributed by atoms with Gasteiger partial charge in [0.2, 0.25) is 5.95 Å². The summed E-state index contributed by atoms with van der Waals surface area (Å²) in [6.07, 6.45) is 0.420. The Balaban J connectivity index is 1.67. The number of nitrogens with zero attached hydrogens (tertiary/aromatic N) is 5. The predicted octanol–water partition coefficient (Wildman–Crippen LogP) is 0.675. The summed E-state index contributed by atoms with van der Waals surface area (Å²) in [6.45, 7) is 1.74. The van der Waals surface area contributed by atoms with Crippen molar-refractivity contribution in [2.24, 2.45) is 0 Å². The van der Waals surface area contributed by atoms with Gasteiger partial charge in [-0.2, -0.15) is 15.2 Å². The van der Waals surface area contributed by atoms with Crippen LogP contribution in [0.3, 0.4) is 0 Å². The maximum absolute atomic E-state index is 13.1. The predicted molar refractivity (Wildman–Crippen MR) is 111 cm³/mol. The lowest BCUT2D eigenvalue weighted by molar-refractivity contribution is 0.326. The highest BCUT2D eigenvalue weighted by Crippen LogP contribution is 2.22. The SMILES string of the molecule is N#Cc1c(N)nc(N)nc1NCCc1nc2cccc(Cl)c2c(=O)n1C1CNC1. The van der Waals surface area contributed by atoms with Crippen molar-refractivity contribution in [3.63, 3.8) is 0 Å². The van der Waals surface area contributed by atoms with E-state index in [1.54, 1.807) is 22.8 Å². The molecule has 1 aliphatic heterocycles. The molecule has 0 aliphatic carbocycles. The van der Waals surface area contributed by atoms with E-state index in [1.165, 1.54) is 0 Å². The fraction of sp³-hybridized carbons (Fsp3) is 0.278. The van der Waals surface area contributed by atoms with E-state index >= 15 is 0 Å². The first-order chi connectivity index (χ1) is 14.0. The highest BCUT2D eigenvalue weighted by molar-refractivity contribution is 6.35. The minimum Gasteiger partial charge on any atom is -0.382 e. The zero-order chi connectivity index (χ0) is 20.5. The number of hydrogen-bond acceptors (Lipinski definition) is 9. The molecule has 1 saturated heterocycles. The summed E-state index contributed by atoms with van der Waals surface area (Å²) in [6, 6.07) is 7.20. The molecule has 0 amide bonds. The van der Waals surface area contributed by atoms with E-state index in [-0.39, 0.29) is 34.7 Å². The van der Waals surface area contributed by atoms with Crippen molar-refractivity contribution in [3.8, 4) is 6.07 Å². The summed E-state index contributed by atoms with van der Waals surface area (Å²) in [4.78, 5) is 25.6. The van der Waals surface area contributed by atoms with Crippen LogP contribution in [-0.4, -0.2) is 39.2 Å². The Hall–Kier alpha value is -3.42. The van der Waals surface area contributed by atoms with Crippen molar-refractivity contribution < 1.29 is 0 Å². The second-order valence-electron chi connectivity index (χ2n) is 6.63. The number of nitrogens with two attached hydrogens (primary N) is 2. The molecular formula is C18H18ClN9O. The number of aromatic nitrogens is 4. The van der Waals surface area contributed by atoms with Crippen molar-refractivity contribution in [2.75, 3.05) is 36.4 Å². The molecule has 0 unspecified atom stereocenters. The number of nitriles is 1. The number of hydrogen-bond donors (Lipinski definition) is 4. The van der Waals surface area contributed by atoms with Gasteiger partial charge in [-0.3, -0.25) is 9.36 Å². The van der Waals surface area contributed by atoms with Gasteiger partial charge >= 0.3 is 0 Å². The molecule has 3 aromatic rings. The molecule has 3 heterocycles. The molecule has 1 fully saturated rings. The highest BCUT2D eigenvalue weighted by Gasteiger charge is 2.25. The molecule has 29 heavy (non-hydrogen) atoms. The number of benzene rings is 1. The number of halogens is 1. The first kappa shape index (κ1) is 18.9. The van der Waals surface area contributed by atoms with Crippen molar-refractivity contribution in [1.82, 2.24) is 24.8 Å². The normalized spacial score (nSPS) is 13.8. The van der Waals surface area contributed by atoms with Crippen molar-refractivity contribution in [3.05, 3.63) is 45.0 Å². The maximum Gasteiger partial charge on any atom is 0.263 e. The Bertz CT molecular complexity index is 1200. The first-order valence-corrected chi connectivity index (χ1v) is 9.34. The summed E-state index contributed by atoms with van der Waals surface area (Å²) in [5, 5.41) is 16.3. The van der Waals surface area contributed by atoms with Gasteiger partial charge in [0.15, 0.2) is 5.82 Å². The molecule has 0 spiro atoms. The van der Waals surface area contributed by atoms with Gasteiger partial charge in [0.1, 0.15) is 23.3 Å². The zero-order valence-electron chi connectivity index (χ0n) is 15.3. The van der Waals surface area contributed by atoms with Gasteiger partial charge in [0, 0.05) is 26.1 Å². The van der Waals surface area contributed by atoms with Gasteiger partial charge in [0.05, 0.1) is 22.0 Å². The van der Waals surface area contributed by atoms with Crippen molar-refractivity contribution >= 4 is 40.1 Å². The molecule has 0 radical (unpaired) electrons. The molecule has 1 aromatic carbocycles. The van der Waals surface area contributed by atoms with E-state index in [2.05, 4.69) is 25.6 Å². The van der Waals surface area contributed by atoms with Gasteiger partial charge in [-0.25, -0.2) is 4.98 Å². The van der Waals surface area contributed by atoms with Crippen LogP contribution >= 0.6 is 11.6 Å². The van der Waals surface area contributed by atoms with Crippen LogP contribution in [0.25, 0.3) is 10.9 Å². The standard InChI is InChI=1S/C18H18ClN9O/c19-11-2-1-3-12-14(11)17(29)28(9-7-23-8-9)13(25-12)4-5-24-16-10(6-20)15(21)26-18(22)27-16/h1-3,9,23H,4-5,7-8H2,(H5,21,22,24,26,27). The second kappa shape index (κ2) is 7.54. The molecule has 0 bridgehead atoms. The van der Waals surface area contributed by atoms with Crippen LogP contribution in [0.15, 0.2) is 23.0 Å². The van der Waals surface area contributed by atoms with Gasteiger partial charge < -0.3 is 22.1 Å². The van der Waals surface area contributed by atoms with Crippen LogP contribution in [-0.2, 0) is 6.42 Å². The van der Waals surface area contributed by atoms with Gasteiger partial charge in [-0.05, 0) is 12.1 Å². The van der Waals surface area contributed by atoms with E-state index in [4.69, 9.17) is 23.1 Å². The van der Waals surface area contributed by atoms with E-state index < -0.39 is 0 Å². The molecular weight excluding hydrogens is 394 g/mol. The molecule has 11 heteroatoms. The molecule has 0 atom stereocenters. The quantitative estimate of drug-likeness (QED) is 0.473. The molecule has 0 saturated carbocycles. The molecule has 1 aliphatic rings. The molecule has 148 valence electrons. The lowest BCUT2D eigenvalue weighted by Gasteiger charge is -2.31. The summed E-state index contributed by atoms with van der Waals surface area (Å²) in [7, 11) is 0. The van der Waals surface area contributed by atoms with E-state index in [0.29, 0.717) is 47.8 Å². The minimum absolute atomic E-state index is 0.0124. The van der Waals surface area contributed by atoms with Crippen LogP contribution in [0.4, 0.5) is 17.6 Å². The Morgan fingerprint density at radius 1 is 1.31 bits per heavy atom. The number of nitrogens with one attached hydrogen (secondary N) is 2. The lowest BCUT2D eigenvalue weighted by atomic mass is 10.1. The average molecular weight is 412 g/mol. The fourth-order valence-corrected chi connectivity index (χ4v) is 3.53. The maximum atomic E-state index is 13.1. The Labute approximate surface area is 170 Å². The lowest BCUT2D eigenvalue weighted by Crippen LogP contribution is -2.48. The van der Waals surface area contributed by atoms with Gasteiger partial charge in [0.25, 0.3) is 5.56 Å². The summed E-state index contributed by atoms with van der Waals surface area (Å²) in [5.74, 6) is 0.858. The molecule has 6 N–H and O–H groups in total. The molecule has 2 aromatic heterocycles. The average Bonchev–Trinajstić information content (AvgIpc) is 2.62. The molecule has 10 nitrogen and oxygen atoms in total. The van der Waals surface area contributed by atoms with Gasteiger partial charge in [-0.1, -0.05) is 17.7 Å². The van der Waals surface area contributed by atoms with E-state index in [0.717, 1.165) is 0 Å². The van der Waals surface area contributed by atoms with Crippen LogP contribution in [0, 0.1) is 11.3 Å². The summed E-state index contributed by atoms with van der Waals surface area (Å²) < 4.78 is 1.69. The van der Waals surface area contributed by atoms with Crippen LogP contribution in [0.1, 0.15) is 17.4 Å². The van der Waals surface area contributed by atoms with Crippen molar-refractivity contribution in [1.29, 1.82) is 5.26 Å². The number of rotatable bonds is 5. The summed E-state index contributed by atoms with van der Waals surface area (Å²) in [5.41, 5.74) is 11.9. The van der Waals surface area contributed by atoms with E-state index in [1.807, 2.05) is 6.07 Å². The summed E-state index contributed by atoms with van der Waals surface area (Å²) >= 11 is 6.25. The Morgan fingerprint density at radius 2 is 2.10 bits per heavy atom. The van der Waals surface area contributed by atoms with Crippen molar-refractivity contribution in [2.45, 2.75) is 12.5 Å². The molecule has 4 rings (SSSR count). The minimum atomic E-state index is -0.157. The Morgan fingerprint density at radius 3 is 2.79 bits per heavy atom. The third-order valence-corrected chi connectivity index (χ3v) is 5.10. The number of fused-ring (bicyclic) bond motifs is 1. The van der Waals surface area contributed by atoms with Crippen LogP contribution in [0.2, 0.25) is 5.02 Å². The highest BCUT2D eigenvalue weighted by atomic mass is 35.5. The fourth-order valence-electron chi connectivity index (χ4n) is 3.28. The number of anilines is 3. The number of nitrogen functional groups attached to an aromatic ring is 2. The smallest absolute Gasteiger partial charge is 0.263 e. The third kappa shape index (κ3) is 3.41. The van der Waals surface area contributed by atoms with E-state index in [9.17, 15) is 10.1 Å². The van der Waals surface area contributed by atoms with Crippen LogP contribution < -0.4 is 27.7 Å². The van der Waals surface area contributed by atoms with Gasteiger partial charge in [-0.15, -0.1) is 0 Å². The Kier molecular flexibility index (Phi) is 4.92. The monoisotopic (exact) mass is 411 g/mol. The topological polar surface area (TPSA) is 161 Å². The first-order valence-electron chi connectivity index (χ1n) is 8.97. The third-order valence-electron chi connectivity index (χ3n) is 4.78. The second-order valence-corrected chi connectivity index (χ2v) is 7.04. The van der Waals surface area contributed by atoms with Crippen LogP contribution in [0.5, 0.6) is 0 Å². The zero-order valence-corrected chi connectivity index (χ0v) is 16.1.